The van der Waals surface area contributed by atoms with E-state index in [1.54, 1.807) is 13.2 Å². The summed E-state index contributed by atoms with van der Waals surface area (Å²) in [5, 5.41) is 10.2. The Morgan fingerprint density at radius 1 is 0.833 bits per heavy atom. The zero-order valence-electron chi connectivity index (χ0n) is 13.4. The van der Waals surface area contributed by atoms with Crippen molar-refractivity contribution in [2.24, 2.45) is 0 Å². The smallest absolute Gasteiger partial charge is 0.120 e. The molecule has 1 unspecified atom stereocenters. The average molecular weight is 314 g/mol. The summed E-state index contributed by atoms with van der Waals surface area (Å²) in [6.45, 7) is 0. The monoisotopic (exact) mass is 314 g/mol. The van der Waals surface area contributed by atoms with Gasteiger partial charge in [0.15, 0.2) is 0 Å². The van der Waals surface area contributed by atoms with Gasteiger partial charge < -0.3 is 9.84 Å². The quantitative estimate of drug-likeness (QED) is 0.717. The summed E-state index contributed by atoms with van der Waals surface area (Å²) in [6.07, 6.45) is 0. The molecule has 0 spiro atoms. The van der Waals surface area contributed by atoms with Crippen LogP contribution in [0.5, 0.6) is 11.5 Å². The molecule has 0 saturated heterocycles. The fourth-order valence-electron chi connectivity index (χ4n) is 2.55. The van der Waals surface area contributed by atoms with E-state index in [2.05, 4.69) is 11.8 Å². The SMILES string of the molecule is COc1ccc(C(C#Cc2ccccc2)c2ccccc2O)cc1. The first-order valence-corrected chi connectivity index (χ1v) is 7.76. The largest absolute Gasteiger partial charge is 0.508 e. The molecule has 0 aliphatic rings. The van der Waals surface area contributed by atoms with Crippen molar-refractivity contribution in [3.63, 3.8) is 0 Å². The molecule has 0 fully saturated rings. The second-order valence-corrected chi connectivity index (χ2v) is 5.40. The zero-order chi connectivity index (χ0) is 16.8. The van der Waals surface area contributed by atoms with Crippen LogP contribution >= 0.6 is 0 Å². The van der Waals surface area contributed by atoms with Crippen LogP contribution in [0.15, 0.2) is 78.9 Å². The van der Waals surface area contributed by atoms with E-state index >= 15 is 0 Å². The van der Waals surface area contributed by atoms with Crippen molar-refractivity contribution in [3.05, 3.63) is 95.6 Å². The predicted molar refractivity (Wildman–Crippen MR) is 96.3 cm³/mol. The molecule has 0 amide bonds. The molecule has 118 valence electrons. The highest BCUT2D eigenvalue weighted by molar-refractivity contribution is 5.49. The normalized spacial score (nSPS) is 11.2. The van der Waals surface area contributed by atoms with Crippen LogP contribution in [0.3, 0.4) is 0 Å². The highest BCUT2D eigenvalue weighted by Gasteiger charge is 2.15. The fraction of sp³-hybridized carbons (Fsp3) is 0.0909. The highest BCUT2D eigenvalue weighted by atomic mass is 16.5. The van der Waals surface area contributed by atoms with Crippen molar-refractivity contribution in [2.45, 2.75) is 5.92 Å². The topological polar surface area (TPSA) is 29.5 Å². The summed E-state index contributed by atoms with van der Waals surface area (Å²) in [7, 11) is 1.64. The molecule has 1 atom stereocenters. The lowest BCUT2D eigenvalue weighted by Gasteiger charge is -2.14. The van der Waals surface area contributed by atoms with Gasteiger partial charge in [-0.3, -0.25) is 0 Å². The molecule has 0 heterocycles. The van der Waals surface area contributed by atoms with E-state index in [1.807, 2.05) is 72.8 Å². The van der Waals surface area contributed by atoms with Gasteiger partial charge in [0.2, 0.25) is 0 Å². The van der Waals surface area contributed by atoms with Crippen molar-refractivity contribution in [1.29, 1.82) is 0 Å². The number of benzene rings is 3. The molecule has 0 aromatic heterocycles. The molecular formula is C22H18O2. The number of hydrogen-bond acceptors (Lipinski definition) is 2. The van der Waals surface area contributed by atoms with Crippen molar-refractivity contribution >= 4 is 0 Å². The minimum atomic E-state index is -0.211. The minimum Gasteiger partial charge on any atom is -0.508 e. The third-order valence-electron chi connectivity index (χ3n) is 3.83. The lowest BCUT2D eigenvalue weighted by Crippen LogP contribution is -1.99. The number of hydrogen-bond donors (Lipinski definition) is 1. The molecule has 2 heteroatoms. The third kappa shape index (κ3) is 3.59. The summed E-state index contributed by atoms with van der Waals surface area (Å²) < 4.78 is 5.22. The van der Waals surface area contributed by atoms with E-state index in [9.17, 15) is 5.11 Å². The number of phenolic OH excluding ortho intramolecular Hbond substituents is 1. The third-order valence-corrected chi connectivity index (χ3v) is 3.83. The summed E-state index contributed by atoms with van der Waals surface area (Å²) in [6, 6.07) is 25.0. The molecule has 0 radical (unpaired) electrons. The van der Waals surface area contributed by atoms with Gasteiger partial charge in [-0.25, -0.2) is 0 Å². The van der Waals surface area contributed by atoms with Gasteiger partial charge in [-0.1, -0.05) is 60.4 Å². The minimum absolute atomic E-state index is 0.211. The number of aromatic hydroxyl groups is 1. The Bertz CT molecular complexity index is 856. The first-order valence-electron chi connectivity index (χ1n) is 7.76. The molecule has 3 aromatic carbocycles. The van der Waals surface area contributed by atoms with E-state index < -0.39 is 0 Å². The zero-order valence-corrected chi connectivity index (χ0v) is 13.4. The van der Waals surface area contributed by atoms with Crippen LogP contribution in [0.4, 0.5) is 0 Å². The van der Waals surface area contributed by atoms with Gasteiger partial charge in [-0.15, -0.1) is 0 Å². The van der Waals surface area contributed by atoms with Crippen molar-refractivity contribution < 1.29 is 9.84 Å². The molecule has 1 N–H and O–H groups in total. The second-order valence-electron chi connectivity index (χ2n) is 5.40. The van der Waals surface area contributed by atoms with Crippen molar-refractivity contribution in [1.82, 2.24) is 0 Å². The Balaban J connectivity index is 2.04. The van der Waals surface area contributed by atoms with Crippen LogP contribution < -0.4 is 4.74 Å². The Labute approximate surface area is 142 Å². The van der Waals surface area contributed by atoms with Gasteiger partial charge in [0.25, 0.3) is 0 Å². The fourth-order valence-corrected chi connectivity index (χ4v) is 2.55. The molecule has 0 saturated carbocycles. The van der Waals surface area contributed by atoms with Gasteiger partial charge in [0.05, 0.1) is 13.0 Å². The summed E-state index contributed by atoms with van der Waals surface area (Å²) >= 11 is 0. The van der Waals surface area contributed by atoms with Crippen LogP contribution in [-0.2, 0) is 0 Å². The second kappa shape index (κ2) is 7.39. The number of phenols is 1. The van der Waals surface area contributed by atoms with E-state index in [0.717, 1.165) is 22.4 Å². The van der Waals surface area contributed by atoms with Crippen LogP contribution in [0, 0.1) is 11.8 Å². The molecule has 3 aromatic rings. The van der Waals surface area contributed by atoms with E-state index in [1.165, 1.54) is 0 Å². The van der Waals surface area contributed by atoms with E-state index in [-0.39, 0.29) is 11.7 Å². The molecular weight excluding hydrogens is 296 g/mol. The van der Waals surface area contributed by atoms with Gasteiger partial charge in [0.1, 0.15) is 11.5 Å². The standard InChI is InChI=1S/C22H18O2/c1-24-19-14-12-18(13-15-19)20(21-9-5-6-10-22(21)23)16-11-17-7-3-2-4-8-17/h2-10,12-15,20,23H,1H3. The summed E-state index contributed by atoms with van der Waals surface area (Å²) in [5.74, 6) is 7.34. The lowest BCUT2D eigenvalue weighted by atomic mass is 9.91. The van der Waals surface area contributed by atoms with E-state index in [0.29, 0.717) is 0 Å². The molecule has 24 heavy (non-hydrogen) atoms. The first kappa shape index (κ1) is 15.7. The highest BCUT2D eigenvalue weighted by Crippen LogP contribution is 2.31. The summed E-state index contributed by atoms with van der Waals surface area (Å²) in [5.41, 5.74) is 2.76. The molecule has 0 bridgehead atoms. The maximum atomic E-state index is 10.2. The van der Waals surface area contributed by atoms with Crippen LogP contribution in [0.1, 0.15) is 22.6 Å². The van der Waals surface area contributed by atoms with Gasteiger partial charge >= 0.3 is 0 Å². The maximum absolute atomic E-state index is 10.2. The van der Waals surface area contributed by atoms with Crippen LogP contribution in [0.25, 0.3) is 0 Å². The number of para-hydroxylation sites is 1. The first-order chi connectivity index (χ1) is 11.8. The Kier molecular flexibility index (Phi) is 4.84. The number of methoxy groups -OCH3 is 1. The van der Waals surface area contributed by atoms with Crippen molar-refractivity contribution in [2.75, 3.05) is 7.11 Å². The van der Waals surface area contributed by atoms with Gasteiger partial charge in [-0.2, -0.15) is 0 Å². The molecule has 2 nitrogen and oxygen atoms in total. The Hall–Kier alpha value is -3.18. The number of rotatable bonds is 3. The van der Waals surface area contributed by atoms with E-state index in [4.69, 9.17) is 4.74 Å². The Morgan fingerprint density at radius 3 is 2.17 bits per heavy atom. The molecule has 0 aliphatic heterocycles. The average Bonchev–Trinajstić information content (AvgIpc) is 2.64. The summed E-state index contributed by atoms with van der Waals surface area (Å²) in [4.78, 5) is 0. The van der Waals surface area contributed by atoms with Gasteiger partial charge in [-0.05, 0) is 35.9 Å². The maximum Gasteiger partial charge on any atom is 0.120 e. The van der Waals surface area contributed by atoms with Gasteiger partial charge in [0, 0.05) is 11.1 Å². The molecule has 3 rings (SSSR count). The lowest BCUT2D eigenvalue weighted by molar-refractivity contribution is 0.414. The van der Waals surface area contributed by atoms with Crippen LogP contribution in [0.2, 0.25) is 0 Å². The molecule has 0 aliphatic carbocycles. The number of ether oxygens (including phenoxy) is 1. The van der Waals surface area contributed by atoms with Crippen molar-refractivity contribution in [3.8, 4) is 23.3 Å². The Morgan fingerprint density at radius 2 is 1.50 bits per heavy atom. The predicted octanol–water partition coefficient (Wildman–Crippen LogP) is 4.58. The van der Waals surface area contributed by atoms with Crippen LogP contribution in [-0.4, -0.2) is 12.2 Å².